The molecule has 1 saturated heterocycles. The Labute approximate surface area is 115 Å². The van der Waals surface area contributed by atoms with Crippen molar-refractivity contribution in [1.29, 1.82) is 5.26 Å². The largest absolute Gasteiger partial charge is 0.388 e. The smallest absolute Gasteiger partial charge is 0.270 e. The van der Waals surface area contributed by atoms with E-state index in [0.29, 0.717) is 31.7 Å². The van der Waals surface area contributed by atoms with Crippen LogP contribution in [0.2, 0.25) is 0 Å². The highest BCUT2D eigenvalue weighted by Gasteiger charge is 2.29. The van der Waals surface area contributed by atoms with Gasteiger partial charge in [0, 0.05) is 44.7 Å². The molecule has 0 radical (unpaired) electrons. The van der Waals surface area contributed by atoms with Crippen molar-refractivity contribution in [2.24, 2.45) is 0 Å². The summed E-state index contributed by atoms with van der Waals surface area (Å²) in [5.41, 5.74) is -0.322. The van der Waals surface area contributed by atoms with Crippen molar-refractivity contribution in [3.8, 4) is 6.07 Å². The van der Waals surface area contributed by atoms with E-state index in [4.69, 9.17) is 10.00 Å². The minimum Gasteiger partial charge on any atom is -0.388 e. The molecule has 2 rings (SSSR count). The van der Waals surface area contributed by atoms with Crippen LogP contribution in [0.5, 0.6) is 0 Å². The van der Waals surface area contributed by atoms with E-state index in [0.717, 1.165) is 0 Å². The number of nitriles is 1. The van der Waals surface area contributed by atoms with Crippen LogP contribution in [-0.4, -0.2) is 35.4 Å². The Kier molecular flexibility index (Phi) is 4.17. The van der Waals surface area contributed by atoms with Crippen LogP contribution in [0.3, 0.4) is 0 Å². The lowest BCUT2D eigenvalue weighted by atomic mass is 9.94. The highest BCUT2D eigenvalue weighted by atomic mass is 16.6. The number of benzene rings is 1. The molecular formula is C13H15N3O4. The van der Waals surface area contributed by atoms with Crippen molar-refractivity contribution < 1.29 is 14.8 Å². The molecule has 0 saturated carbocycles. The molecule has 7 nitrogen and oxygen atoms in total. The minimum absolute atomic E-state index is 0.128. The standard InChI is InChI=1S/C13H15N3O4/c14-8-10-7-11(16(18)19)1-2-12(10)15-9-13(17)3-5-20-6-4-13/h1-2,7,15,17H,3-6,9H2. The van der Waals surface area contributed by atoms with Gasteiger partial charge in [-0.05, 0) is 6.07 Å². The Bertz CT molecular complexity index is 547. The van der Waals surface area contributed by atoms with Crippen molar-refractivity contribution in [3.05, 3.63) is 33.9 Å². The van der Waals surface area contributed by atoms with Gasteiger partial charge in [0.05, 0.1) is 21.8 Å². The lowest BCUT2D eigenvalue weighted by molar-refractivity contribution is -0.384. The van der Waals surface area contributed by atoms with Crippen molar-refractivity contribution in [3.63, 3.8) is 0 Å². The van der Waals surface area contributed by atoms with Crippen LogP contribution in [0.25, 0.3) is 0 Å². The van der Waals surface area contributed by atoms with Gasteiger partial charge in [-0.2, -0.15) is 5.26 Å². The summed E-state index contributed by atoms with van der Waals surface area (Å²) in [4.78, 5) is 10.1. The zero-order valence-electron chi connectivity index (χ0n) is 10.8. The van der Waals surface area contributed by atoms with E-state index in [-0.39, 0.29) is 17.8 Å². The maximum Gasteiger partial charge on any atom is 0.270 e. The van der Waals surface area contributed by atoms with Gasteiger partial charge in [-0.15, -0.1) is 0 Å². The number of anilines is 1. The predicted octanol–water partition coefficient (Wildman–Crippen LogP) is 1.42. The molecular weight excluding hydrogens is 262 g/mol. The van der Waals surface area contributed by atoms with Gasteiger partial charge in [-0.1, -0.05) is 0 Å². The lowest BCUT2D eigenvalue weighted by Gasteiger charge is -2.32. The van der Waals surface area contributed by atoms with Crippen LogP contribution in [0.1, 0.15) is 18.4 Å². The fraction of sp³-hybridized carbons (Fsp3) is 0.462. The van der Waals surface area contributed by atoms with Gasteiger partial charge >= 0.3 is 0 Å². The number of hydrogen-bond acceptors (Lipinski definition) is 6. The summed E-state index contributed by atoms with van der Waals surface area (Å²) >= 11 is 0. The number of nitrogens with one attached hydrogen (secondary N) is 1. The number of ether oxygens (including phenoxy) is 1. The Morgan fingerprint density at radius 3 is 2.80 bits per heavy atom. The molecule has 0 aromatic heterocycles. The molecule has 0 aliphatic carbocycles. The molecule has 1 aromatic carbocycles. The number of nitro groups is 1. The summed E-state index contributed by atoms with van der Waals surface area (Å²) < 4.78 is 5.19. The molecule has 1 aromatic rings. The second-order valence-electron chi connectivity index (χ2n) is 4.79. The first-order valence-electron chi connectivity index (χ1n) is 6.27. The fourth-order valence-electron chi connectivity index (χ4n) is 2.08. The summed E-state index contributed by atoms with van der Waals surface area (Å²) in [6.07, 6.45) is 1.05. The van der Waals surface area contributed by atoms with Crippen LogP contribution in [0, 0.1) is 21.4 Å². The molecule has 0 unspecified atom stereocenters. The maximum atomic E-state index is 10.7. The van der Waals surface area contributed by atoms with E-state index in [9.17, 15) is 15.2 Å². The first-order chi connectivity index (χ1) is 9.54. The first kappa shape index (κ1) is 14.2. The Hall–Kier alpha value is -2.17. The number of rotatable bonds is 4. The number of aliphatic hydroxyl groups is 1. The van der Waals surface area contributed by atoms with Gasteiger partial charge in [-0.25, -0.2) is 0 Å². The normalized spacial score (nSPS) is 17.2. The zero-order valence-corrected chi connectivity index (χ0v) is 10.8. The van der Waals surface area contributed by atoms with Crippen LogP contribution in [-0.2, 0) is 4.74 Å². The second kappa shape index (κ2) is 5.86. The summed E-state index contributed by atoms with van der Waals surface area (Å²) in [7, 11) is 0. The third-order valence-corrected chi connectivity index (χ3v) is 3.37. The molecule has 1 aliphatic rings. The molecule has 2 N–H and O–H groups in total. The van der Waals surface area contributed by atoms with E-state index in [2.05, 4.69) is 5.32 Å². The quantitative estimate of drug-likeness (QED) is 0.636. The van der Waals surface area contributed by atoms with Crippen LogP contribution in [0.15, 0.2) is 18.2 Å². The van der Waals surface area contributed by atoms with Gasteiger partial charge in [-0.3, -0.25) is 10.1 Å². The average molecular weight is 277 g/mol. The first-order valence-corrected chi connectivity index (χ1v) is 6.27. The van der Waals surface area contributed by atoms with Crippen LogP contribution < -0.4 is 5.32 Å². The predicted molar refractivity (Wildman–Crippen MR) is 71.3 cm³/mol. The summed E-state index contributed by atoms with van der Waals surface area (Å²) in [5.74, 6) is 0. The van der Waals surface area contributed by atoms with Gasteiger partial charge in [0.2, 0.25) is 0 Å². The molecule has 0 bridgehead atoms. The minimum atomic E-state index is -0.868. The molecule has 1 aliphatic heterocycles. The number of hydrogen-bond donors (Lipinski definition) is 2. The number of nitro benzene ring substituents is 1. The van der Waals surface area contributed by atoms with Gasteiger partial charge in [0.1, 0.15) is 6.07 Å². The molecule has 0 spiro atoms. The zero-order chi connectivity index (χ0) is 14.6. The van der Waals surface area contributed by atoms with Gasteiger partial charge in [0.25, 0.3) is 5.69 Å². The Morgan fingerprint density at radius 2 is 2.20 bits per heavy atom. The molecule has 1 fully saturated rings. The fourth-order valence-corrected chi connectivity index (χ4v) is 2.08. The van der Waals surface area contributed by atoms with Crippen molar-refractivity contribution >= 4 is 11.4 Å². The van der Waals surface area contributed by atoms with Crippen molar-refractivity contribution in [2.45, 2.75) is 18.4 Å². The lowest BCUT2D eigenvalue weighted by Crippen LogP contribution is -2.42. The van der Waals surface area contributed by atoms with E-state index in [1.165, 1.54) is 18.2 Å². The third kappa shape index (κ3) is 3.23. The SMILES string of the molecule is N#Cc1cc([N+](=O)[O-])ccc1NCC1(O)CCOCC1. The van der Waals surface area contributed by atoms with E-state index >= 15 is 0 Å². The van der Waals surface area contributed by atoms with E-state index in [1.54, 1.807) is 0 Å². The molecule has 1 heterocycles. The third-order valence-electron chi connectivity index (χ3n) is 3.37. The summed E-state index contributed by atoms with van der Waals surface area (Å²) in [6, 6.07) is 5.95. The highest BCUT2D eigenvalue weighted by Crippen LogP contribution is 2.24. The van der Waals surface area contributed by atoms with E-state index in [1.807, 2.05) is 6.07 Å². The number of non-ortho nitro benzene ring substituents is 1. The average Bonchev–Trinajstić information content (AvgIpc) is 2.45. The monoisotopic (exact) mass is 277 g/mol. The second-order valence-corrected chi connectivity index (χ2v) is 4.79. The van der Waals surface area contributed by atoms with Gasteiger partial charge < -0.3 is 15.2 Å². The molecule has 106 valence electrons. The van der Waals surface area contributed by atoms with Crippen molar-refractivity contribution in [2.75, 3.05) is 25.1 Å². The molecule has 20 heavy (non-hydrogen) atoms. The van der Waals surface area contributed by atoms with E-state index < -0.39 is 10.5 Å². The molecule has 0 atom stereocenters. The Morgan fingerprint density at radius 1 is 1.50 bits per heavy atom. The summed E-state index contributed by atoms with van der Waals surface area (Å²) in [6.45, 7) is 1.29. The molecule has 0 amide bonds. The highest BCUT2D eigenvalue weighted by molar-refractivity contribution is 5.61. The molecule has 7 heteroatoms. The van der Waals surface area contributed by atoms with Crippen LogP contribution in [0.4, 0.5) is 11.4 Å². The summed E-state index contributed by atoms with van der Waals surface area (Å²) in [5, 5.41) is 33.0. The number of nitrogens with zero attached hydrogens (tertiary/aromatic N) is 2. The van der Waals surface area contributed by atoms with Crippen LogP contribution >= 0.6 is 0 Å². The Balaban J connectivity index is 2.09. The van der Waals surface area contributed by atoms with Crippen molar-refractivity contribution in [1.82, 2.24) is 0 Å². The maximum absolute atomic E-state index is 10.7. The topological polar surface area (TPSA) is 108 Å². The van der Waals surface area contributed by atoms with Gasteiger partial charge in [0.15, 0.2) is 0 Å².